The van der Waals surface area contributed by atoms with Crippen LogP contribution in [0.15, 0.2) is 10.9 Å². The number of H-pyrrole nitrogens is 1. The molecule has 5 rings (SSSR count). The van der Waals surface area contributed by atoms with Crippen LogP contribution in [0.1, 0.15) is 54.8 Å². The predicted molar refractivity (Wildman–Crippen MR) is 71.7 cm³/mol. The molecule has 0 radical (unpaired) electrons. The fourth-order valence-corrected chi connectivity index (χ4v) is 5.22. The number of nitrogens with one attached hydrogen (secondary N) is 1. The Hall–Kier alpha value is -1.65. The summed E-state index contributed by atoms with van der Waals surface area (Å²) < 4.78 is 0. The van der Waals surface area contributed by atoms with Crippen LogP contribution in [0.3, 0.4) is 0 Å². The molecule has 1 aromatic rings. The number of carboxylic acids is 1. The number of hydrogen-bond acceptors (Lipinski definition) is 3. The monoisotopic (exact) mass is 274 g/mol. The van der Waals surface area contributed by atoms with Crippen molar-refractivity contribution in [2.45, 2.75) is 43.9 Å². The summed E-state index contributed by atoms with van der Waals surface area (Å²) >= 11 is 0. The molecule has 20 heavy (non-hydrogen) atoms. The van der Waals surface area contributed by atoms with Crippen molar-refractivity contribution < 1.29 is 9.90 Å². The van der Waals surface area contributed by atoms with E-state index in [2.05, 4.69) is 9.97 Å². The van der Waals surface area contributed by atoms with E-state index in [1.807, 2.05) is 0 Å². The van der Waals surface area contributed by atoms with Crippen molar-refractivity contribution in [2.24, 2.45) is 17.8 Å². The molecule has 0 unspecified atom stereocenters. The molecule has 4 aliphatic carbocycles. The summed E-state index contributed by atoms with van der Waals surface area (Å²) in [5.74, 6) is 1.71. The summed E-state index contributed by atoms with van der Waals surface area (Å²) in [6.45, 7) is 0. The maximum atomic E-state index is 11.7. The third-order valence-electron chi connectivity index (χ3n) is 5.50. The molecular formula is C15H18N2O3. The highest BCUT2D eigenvalue weighted by Gasteiger charge is 2.53. The number of aromatic nitrogens is 2. The summed E-state index contributed by atoms with van der Waals surface area (Å²) in [5.41, 5.74) is -0.540. The maximum Gasteiger partial charge on any atom is 0.354 e. The van der Waals surface area contributed by atoms with E-state index in [0.717, 1.165) is 43.1 Å². The highest BCUT2D eigenvalue weighted by molar-refractivity contribution is 5.85. The zero-order valence-corrected chi connectivity index (χ0v) is 11.3. The minimum absolute atomic E-state index is 0.0701. The zero-order valence-electron chi connectivity index (χ0n) is 11.3. The minimum atomic E-state index is -1.12. The molecule has 5 heteroatoms. The van der Waals surface area contributed by atoms with Gasteiger partial charge in [0.05, 0.1) is 0 Å². The van der Waals surface area contributed by atoms with Crippen LogP contribution >= 0.6 is 0 Å². The molecule has 4 saturated carbocycles. The number of rotatable bonds is 2. The van der Waals surface area contributed by atoms with Crippen molar-refractivity contribution >= 4 is 5.97 Å². The molecule has 1 aromatic heterocycles. The van der Waals surface area contributed by atoms with E-state index in [-0.39, 0.29) is 16.7 Å². The number of carbonyl (C=O) groups is 1. The second-order valence-corrected chi connectivity index (χ2v) is 6.98. The van der Waals surface area contributed by atoms with Gasteiger partial charge in [0, 0.05) is 11.5 Å². The van der Waals surface area contributed by atoms with Gasteiger partial charge in [0.15, 0.2) is 5.69 Å². The fraction of sp³-hybridized carbons (Fsp3) is 0.667. The van der Waals surface area contributed by atoms with E-state index in [0.29, 0.717) is 5.82 Å². The van der Waals surface area contributed by atoms with E-state index in [1.54, 1.807) is 0 Å². The lowest BCUT2D eigenvalue weighted by Crippen LogP contribution is -2.50. The van der Waals surface area contributed by atoms with Gasteiger partial charge >= 0.3 is 5.97 Å². The van der Waals surface area contributed by atoms with Crippen LogP contribution in [0, 0.1) is 17.8 Å². The summed E-state index contributed by atoms with van der Waals surface area (Å²) in [5, 5.41) is 9.10. The van der Waals surface area contributed by atoms with E-state index < -0.39 is 5.97 Å². The molecule has 0 spiro atoms. The largest absolute Gasteiger partial charge is 0.477 e. The Bertz CT molecular complexity index is 599. The molecule has 4 bridgehead atoms. The Morgan fingerprint density at radius 2 is 1.75 bits per heavy atom. The average Bonchev–Trinajstić information content (AvgIpc) is 2.36. The third kappa shape index (κ3) is 1.72. The molecule has 4 fully saturated rings. The molecule has 0 saturated heterocycles. The maximum absolute atomic E-state index is 11.7. The first-order chi connectivity index (χ1) is 9.54. The van der Waals surface area contributed by atoms with Gasteiger partial charge < -0.3 is 10.1 Å². The molecule has 2 N–H and O–H groups in total. The van der Waals surface area contributed by atoms with Crippen molar-refractivity contribution in [3.63, 3.8) is 0 Å². The highest BCUT2D eigenvalue weighted by Crippen LogP contribution is 2.59. The van der Waals surface area contributed by atoms with Crippen LogP contribution in [-0.2, 0) is 5.41 Å². The van der Waals surface area contributed by atoms with Crippen LogP contribution in [0.5, 0.6) is 0 Å². The van der Waals surface area contributed by atoms with Crippen molar-refractivity contribution in [1.29, 1.82) is 0 Å². The number of aromatic carboxylic acids is 1. The molecule has 1 heterocycles. The zero-order chi connectivity index (χ0) is 13.9. The van der Waals surface area contributed by atoms with Crippen LogP contribution in [0.25, 0.3) is 0 Å². The van der Waals surface area contributed by atoms with Crippen LogP contribution in [-0.4, -0.2) is 21.0 Å². The van der Waals surface area contributed by atoms with Gasteiger partial charge in [-0.3, -0.25) is 4.79 Å². The quantitative estimate of drug-likeness (QED) is 0.863. The Kier molecular flexibility index (Phi) is 2.38. The average molecular weight is 274 g/mol. The Labute approximate surface area is 116 Å². The van der Waals surface area contributed by atoms with Crippen molar-refractivity contribution in [3.8, 4) is 0 Å². The van der Waals surface area contributed by atoms with Crippen LogP contribution < -0.4 is 5.56 Å². The molecule has 0 aromatic carbocycles. The Balaban J connectivity index is 1.80. The van der Waals surface area contributed by atoms with E-state index in [1.165, 1.54) is 19.3 Å². The summed E-state index contributed by atoms with van der Waals surface area (Å²) in [6, 6.07) is 1.08. The summed E-state index contributed by atoms with van der Waals surface area (Å²) in [4.78, 5) is 30.0. The Morgan fingerprint density at radius 3 is 2.25 bits per heavy atom. The lowest BCUT2D eigenvalue weighted by molar-refractivity contribution is -0.00961. The van der Waals surface area contributed by atoms with Gasteiger partial charge in [-0.25, -0.2) is 9.78 Å². The standard InChI is InChI=1S/C15H18N2O3/c18-12-4-11(13(19)20)16-14(17-12)15-5-8-1-9(6-15)3-10(2-8)7-15/h4,8-10H,1-3,5-7H2,(H,19,20)(H,16,17,18). The van der Waals surface area contributed by atoms with Gasteiger partial charge in [0.25, 0.3) is 5.56 Å². The molecular weight excluding hydrogens is 256 g/mol. The summed E-state index contributed by atoms with van der Waals surface area (Å²) in [6.07, 6.45) is 7.10. The topological polar surface area (TPSA) is 83.0 Å². The lowest BCUT2D eigenvalue weighted by atomic mass is 9.49. The SMILES string of the molecule is O=C(O)c1cc(=O)[nH]c(C23CC4CC(CC(C4)C2)C3)n1. The molecule has 4 aliphatic rings. The molecule has 106 valence electrons. The normalized spacial score (nSPS) is 38.1. The first-order valence-electron chi connectivity index (χ1n) is 7.39. The van der Waals surface area contributed by atoms with E-state index in [9.17, 15) is 9.59 Å². The first kappa shape index (κ1) is 12.1. The highest BCUT2D eigenvalue weighted by atomic mass is 16.4. The Morgan fingerprint density at radius 1 is 1.20 bits per heavy atom. The second kappa shape index (κ2) is 3.93. The molecule has 5 nitrogen and oxygen atoms in total. The van der Waals surface area contributed by atoms with Crippen LogP contribution in [0.2, 0.25) is 0 Å². The van der Waals surface area contributed by atoms with Crippen molar-refractivity contribution in [3.05, 3.63) is 27.9 Å². The molecule has 0 aliphatic heterocycles. The van der Waals surface area contributed by atoms with Gasteiger partial charge in [-0.2, -0.15) is 0 Å². The van der Waals surface area contributed by atoms with Crippen LogP contribution in [0.4, 0.5) is 0 Å². The lowest BCUT2D eigenvalue weighted by Gasteiger charge is -2.56. The van der Waals surface area contributed by atoms with E-state index >= 15 is 0 Å². The smallest absolute Gasteiger partial charge is 0.354 e. The van der Waals surface area contributed by atoms with Gasteiger partial charge in [0.2, 0.25) is 0 Å². The van der Waals surface area contributed by atoms with E-state index in [4.69, 9.17) is 5.11 Å². The number of nitrogens with zero attached hydrogens (tertiary/aromatic N) is 1. The van der Waals surface area contributed by atoms with Gasteiger partial charge in [0.1, 0.15) is 5.82 Å². The third-order valence-corrected chi connectivity index (χ3v) is 5.50. The molecule has 0 atom stereocenters. The van der Waals surface area contributed by atoms with Gasteiger partial charge in [-0.15, -0.1) is 0 Å². The van der Waals surface area contributed by atoms with Gasteiger partial charge in [-0.05, 0) is 56.3 Å². The molecule has 0 amide bonds. The predicted octanol–water partition coefficient (Wildman–Crippen LogP) is 1.94. The van der Waals surface area contributed by atoms with Crippen molar-refractivity contribution in [1.82, 2.24) is 9.97 Å². The summed E-state index contributed by atoms with van der Waals surface area (Å²) in [7, 11) is 0. The van der Waals surface area contributed by atoms with Crippen molar-refractivity contribution in [2.75, 3.05) is 0 Å². The number of hydrogen-bond donors (Lipinski definition) is 2. The second-order valence-electron chi connectivity index (χ2n) is 6.98. The first-order valence-corrected chi connectivity index (χ1v) is 7.39. The fourth-order valence-electron chi connectivity index (χ4n) is 5.22. The number of carboxylic acid groups (broad SMARTS) is 1. The minimum Gasteiger partial charge on any atom is -0.477 e. The van der Waals surface area contributed by atoms with Gasteiger partial charge in [-0.1, -0.05) is 0 Å². The number of aromatic amines is 1.